The molecule has 0 radical (unpaired) electrons. The Hall–Kier alpha value is -0.610. The van der Waals surface area contributed by atoms with Gasteiger partial charge in [0, 0.05) is 19.5 Å². The summed E-state index contributed by atoms with van der Waals surface area (Å²) in [7, 11) is 0. The van der Waals surface area contributed by atoms with Crippen LogP contribution in [0.4, 0.5) is 0 Å². The van der Waals surface area contributed by atoms with Crippen LogP contribution < -0.4 is 5.32 Å². The van der Waals surface area contributed by atoms with Crippen molar-refractivity contribution in [3.8, 4) is 0 Å². The SMILES string of the molecule is CC1CCC(O)(CNC(=O)CCN2CCCC2)CC1. The fraction of sp³-hybridized carbons (Fsp3) is 0.933. The minimum atomic E-state index is -0.657. The van der Waals surface area contributed by atoms with E-state index in [1.165, 1.54) is 12.8 Å². The Kier molecular flexibility index (Phi) is 5.22. The van der Waals surface area contributed by atoms with Crippen LogP contribution in [0.25, 0.3) is 0 Å². The number of amides is 1. The topological polar surface area (TPSA) is 52.6 Å². The molecule has 0 aromatic carbocycles. The van der Waals surface area contributed by atoms with Gasteiger partial charge in [-0.25, -0.2) is 0 Å². The van der Waals surface area contributed by atoms with Crippen LogP contribution in [0.15, 0.2) is 0 Å². The van der Waals surface area contributed by atoms with Gasteiger partial charge in [0.2, 0.25) is 5.91 Å². The van der Waals surface area contributed by atoms with E-state index in [9.17, 15) is 9.90 Å². The van der Waals surface area contributed by atoms with E-state index < -0.39 is 5.60 Å². The van der Waals surface area contributed by atoms with Gasteiger partial charge >= 0.3 is 0 Å². The van der Waals surface area contributed by atoms with E-state index in [1.807, 2.05) is 0 Å². The molecule has 0 atom stereocenters. The molecule has 1 saturated carbocycles. The number of hydrogen-bond donors (Lipinski definition) is 2. The lowest BCUT2D eigenvalue weighted by Gasteiger charge is -2.35. The molecule has 0 spiro atoms. The molecule has 110 valence electrons. The third-order valence-electron chi connectivity index (χ3n) is 4.67. The van der Waals surface area contributed by atoms with Crippen molar-refractivity contribution in [1.29, 1.82) is 0 Å². The Bertz CT molecular complexity index is 293. The molecule has 1 saturated heterocycles. The van der Waals surface area contributed by atoms with Gasteiger partial charge in [-0.2, -0.15) is 0 Å². The maximum absolute atomic E-state index is 11.8. The van der Waals surface area contributed by atoms with Crippen LogP contribution in [-0.4, -0.2) is 47.7 Å². The summed E-state index contributed by atoms with van der Waals surface area (Å²) in [5, 5.41) is 13.3. The highest BCUT2D eigenvalue weighted by atomic mass is 16.3. The van der Waals surface area contributed by atoms with E-state index in [2.05, 4.69) is 17.1 Å². The number of carbonyl (C=O) groups is 1. The highest BCUT2D eigenvalue weighted by Crippen LogP contribution is 2.31. The first-order valence-corrected chi connectivity index (χ1v) is 7.79. The van der Waals surface area contributed by atoms with Crippen LogP contribution >= 0.6 is 0 Å². The van der Waals surface area contributed by atoms with E-state index in [1.54, 1.807) is 0 Å². The standard InChI is InChI=1S/C15H28N2O2/c1-13-4-7-15(19,8-5-13)12-16-14(18)6-11-17-9-2-3-10-17/h13,19H,2-12H2,1H3,(H,16,18). The van der Waals surface area contributed by atoms with E-state index in [0.717, 1.165) is 45.3 Å². The van der Waals surface area contributed by atoms with E-state index in [0.29, 0.717) is 18.9 Å². The van der Waals surface area contributed by atoms with Crippen LogP contribution in [0.5, 0.6) is 0 Å². The number of nitrogens with one attached hydrogen (secondary N) is 1. The zero-order chi connectivity index (χ0) is 13.7. The average molecular weight is 268 g/mol. The first-order chi connectivity index (χ1) is 9.07. The molecule has 0 unspecified atom stereocenters. The van der Waals surface area contributed by atoms with Crippen molar-refractivity contribution in [2.24, 2.45) is 5.92 Å². The van der Waals surface area contributed by atoms with Crippen LogP contribution in [0.3, 0.4) is 0 Å². The lowest BCUT2D eigenvalue weighted by molar-refractivity contribution is -0.123. The highest BCUT2D eigenvalue weighted by molar-refractivity contribution is 5.76. The van der Waals surface area contributed by atoms with Crippen molar-refractivity contribution in [2.45, 2.75) is 57.5 Å². The van der Waals surface area contributed by atoms with Crippen molar-refractivity contribution in [1.82, 2.24) is 10.2 Å². The number of hydrogen-bond acceptors (Lipinski definition) is 3. The van der Waals surface area contributed by atoms with Gasteiger partial charge in [-0.3, -0.25) is 4.79 Å². The normalized spacial score (nSPS) is 32.4. The summed E-state index contributed by atoms with van der Waals surface area (Å²) < 4.78 is 0. The minimum Gasteiger partial charge on any atom is -0.388 e. The van der Waals surface area contributed by atoms with Crippen molar-refractivity contribution in [3.63, 3.8) is 0 Å². The van der Waals surface area contributed by atoms with Crippen molar-refractivity contribution < 1.29 is 9.90 Å². The second-order valence-corrected chi connectivity index (χ2v) is 6.48. The van der Waals surface area contributed by atoms with E-state index >= 15 is 0 Å². The first kappa shape index (κ1) is 14.8. The molecule has 4 nitrogen and oxygen atoms in total. The Morgan fingerprint density at radius 3 is 2.58 bits per heavy atom. The van der Waals surface area contributed by atoms with Gasteiger partial charge in [0.15, 0.2) is 0 Å². The van der Waals surface area contributed by atoms with Gasteiger partial charge in [0.05, 0.1) is 5.60 Å². The number of carbonyl (C=O) groups excluding carboxylic acids is 1. The smallest absolute Gasteiger partial charge is 0.221 e. The molecule has 2 rings (SSSR count). The molecule has 4 heteroatoms. The Morgan fingerprint density at radius 1 is 1.32 bits per heavy atom. The zero-order valence-electron chi connectivity index (χ0n) is 12.2. The molecule has 0 bridgehead atoms. The quantitative estimate of drug-likeness (QED) is 0.795. The van der Waals surface area contributed by atoms with E-state index in [4.69, 9.17) is 0 Å². The summed E-state index contributed by atoms with van der Waals surface area (Å²) in [6, 6.07) is 0. The van der Waals surface area contributed by atoms with Gasteiger partial charge in [-0.15, -0.1) is 0 Å². The summed E-state index contributed by atoms with van der Waals surface area (Å²) in [5.41, 5.74) is -0.657. The fourth-order valence-corrected chi connectivity index (χ4v) is 3.09. The maximum Gasteiger partial charge on any atom is 0.221 e. The summed E-state index contributed by atoms with van der Waals surface area (Å²) in [4.78, 5) is 14.1. The lowest BCUT2D eigenvalue weighted by atomic mass is 9.79. The molecule has 1 heterocycles. The molecule has 2 fully saturated rings. The van der Waals surface area contributed by atoms with Crippen LogP contribution in [0.1, 0.15) is 51.9 Å². The predicted octanol–water partition coefficient (Wildman–Crippen LogP) is 1.53. The molecule has 0 aromatic heterocycles. The molecular weight excluding hydrogens is 240 g/mol. The number of aliphatic hydroxyl groups is 1. The molecule has 19 heavy (non-hydrogen) atoms. The highest BCUT2D eigenvalue weighted by Gasteiger charge is 2.31. The third-order valence-corrected chi connectivity index (χ3v) is 4.67. The Balaban J connectivity index is 1.62. The van der Waals surface area contributed by atoms with Gasteiger partial charge in [0.1, 0.15) is 0 Å². The average Bonchev–Trinajstić information content (AvgIpc) is 2.91. The Labute approximate surface area is 116 Å². The molecule has 2 aliphatic rings. The summed E-state index contributed by atoms with van der Waals surface area (Å²) in [6.07, 6.45) is 6.87. The Morgan fingerprint density at radius 2 is 1.95 bits per heavy atom. The second-order valence-electron chi connectivity index (χ2n) is 6.48. The van der Waals surface area contributed by atoms with Gasteiger partial charge < -0.3 is 15.3 Å². The van der Waals surface area contributed by atoms with Crippen molar-refractivity contribution in [2.75, 3.05) is 26.2 Å². The maximum atomic E-state index is 11.8. The van der Waals surface area contributed by atoms with Crippen LogP contribution in [0.2, 0.25) is 0 Å². The lowest BCUT2D eigenvalue weighted by Crippen LogP contribution is -2.45. The molecular formula is C15H28N2O2. The van der Waals surface area contributed by atoms with E-state index in [-0.39, 0.29) is 5.91 Å². The van der Waals surface area contributed by atoms with Crippen LogP contribution in [-0.2, 0) is 4.79 Å². The van der Waals surface area contributed by atoms with Gasteiger partial charge in [0.25, 0.3) is 0 Å². The predicted molar refractivity (Wildman–Crippen MR) is 75.9 cm³/mol. The van der Waals surface area contributed by atoms with Gasteiger partial charge in [-0.05, 0) is 57.5 Å². The van der Waals surface area contributed by atoms with Crippen molar-refractivity contribution in [3.05, 3.63) is 0 Å². The molecule has 2 N–H and O–H groups in total. The molecule has 0 aromatic rings. The fourth-order valence-electron chi connectivity index (χ4n) is 3.09. The minimum absolute atomic E-state index is 0.0824. The molecule has 1 aliphatic heterocycles. The summed E-state index contributed by atoms with van der Waals surface area (Å²) in [5.74, 6) is 0.796. The monoisotopic (exact) mass is 268 g/mol. The second kappa shape index (κ2) is 6.71. The third kappa shape index (κ3) is 4.77. The largest absolute Gasteiger partial charge is 0.388 e. The number of likely N-dealkylation sites (tertiary alicyclic amines) is 1. The first-order valence-electron chi connectivity index (χ1n) is 7.79. The summed E-state index contributed by atoms with van der Waals surface area (Å²) >= 11 is 0. The van der Waals surface area contributed by atoms with Gasteiger partial charge in [-0.1, -0.05) is 6.92 Å². The van der Waals surface area contributed by atoms with Crippen molar-refractivity contribution >= 4 is 5.91 Å². The number of rotatable bonds is 5. The molecule has 1 aliphatic carbocycles. The van der Waals surface area contributed by atoms with Crippen LogP contribution in [0, 0.1) is 5.92 Å². The summed E-state index contributed by atoms with van der Waals surface area (Å²) in [6.45, 7) is 5.79. The number of nitrogens with zero attached hydrogens (tertiary/aromatic N) is 1. The zero-order valence-corrected chi connectivity index (χ0v) is 12.2. The molecule has 1 amide bonds.